The summed E-state index contributed by atoms with van der Waals surface area (Å²) in [6.07, 6.45) is 1.73. The lowest BCUT2D eigenvalue weighted by molar-refractivity contribution is 0.185. The molecule has 1 heterocycles. The van der Waals surface area contributed by atoms with E-state index in [4.69, 9.17) is 4.74 Å². The molecule has 2 rings (SSSR count). The van der Waals surface area contributed by atoms with Crippen molar-refractivity contribution in [2.24, 2.45) is 0 Å². The highest BCUT2D eigenvalue weighted by atomic mass is 32.1. The van der Waals surface area contributed by atoms with Crippen molar-refractivity contribution in [2.45, 2.75) is 13.2 Å². The SMILES string of the molecule is COCc1ccc(CNc2cnns2)cc1. The third-order valence-corrected chi connectivity index (χ3v) is 2.78. The molecule has 5 heteroatoms. The monoisotopic (exact) mass is 235 g/mol. The number of aromatic nitrogens is 2. The fraction of sp³-hybridized carbons (Fsp3) is 0.273. The molecule has 0 radical (unpaired) electrons. The highest BCUT2D eigenvalue weighted by Crippen LogP contribution is 2.12. The van der Waals surface area contributed by atoms with Crippen molar-refractivity contribution in [3.63, 3.8) is 0 Å². The standard InChI is InChI=1S/C11H13N3OS/c1-15-8-10-4-2-9(3-5-10)6-12-11-7-13-14-16-11/h2-5,7,12H,6,8H2,1H3. The van der Waals surface area contributed by atoms with Crippen LogP contribution in [0.5, 0.6) is 0 Å². The number of nitrogens with zero attached hydrogens (tertiary/aromatic N) is 2. The number of rotatable bonds is 5. The minimum Gasteiger partial charge on any atom is -0.380 e. The van der Waals surface area contributed by atoms with Gasteiger partial charge < -0.3 is 10.1 Å². The van der Waals surface area contributed by atoms with Crippen LogP contribution in [0, 0.1) is 0 Å². The molecule has 0 fully saturated rings. The normalized spacial score (nSPS) is 10.3. The van der Waals surface area contributed by atoms with Gasteiger partial charge in [0.05, 0.1) is 12.8 Å². The average molecular weight is 235 g/mol. The predicted octanol–water partition coefficient (Wildman–Crippen LogP) is 2.30. The van der Waals surface area contributed by atoms with E-state index in [2.05, 4.69) is 39.2 Å². The fourth-order valence-corrected chi connectivity index (χ4v) is 1.77. The first-order valence-corrected chi connectivity index (χ1v) is 5.74. The lowest BCUT2D eigenvalue weighted by Gasteiger charge is -2.04. The Labute approximate surface area is 98.4 Å². The van der Waals surface area contributed by atoms with Crippen LogP contribution < -0.4 is 5.32 Å². The van der Waals surface area contributed by atoms with Crippen LogP contribution >= 0.6 is 11.5 Å². The van der Waals surface area contributed by atoms with Crippen LogP contribution in [-0.4, -0.2) is 16.7 Å². The van der Waals surface area contributed by atoms with Gasteiger partial charge in [-0.05, 0) is 11.1 Å². The Morgan fingerprint density at radius 1 is 1.25 bits per heavy atom. The van der Waals surface area contributed by atoms with Crippen LogP contribution in [-0.2, 0) is 17.9 Å². The molecule has 0 bridgehead atoms. The van der Waals surface area contributed by atoms with Gasteiger partial charge in [-0.2, -0.15) is 0 Å². The van der Waals surface area contributed by atoms with Gasteiger partial charge >= 0.3 is 0 Å². The van der Waals surface area contributed by atoms with Gasteiger partial charge in [-0.3, -0.25) is 0 Å². The molecule has 0 saturated heterocycles. The quantitative estimate of drug-likeness (QED) is 0.863. The van der Waals surface area contributed by atoms with Crippen LogP contribution in [0.1, 0.15) is 11.1 Å². The van der Waals surface area contributed by atoms with Gasteiger partial charge in [0.2, 0.25) is 0 Å². The van der Waals surface area contributed by atoms with Gasteiger partial charge in [-0.15, -0.1) is 5.10 Å². The van der Waals surface area contributed by atoms with Crippen LogP contribution in [0.2, 0.25) is 0 Å². The zero-order chi connectivity index (χ0) is 11.2. The Hall–Kier alpha value is -1.46. The summed E-state index contributed by atoms with van der Waals surface area (Å²) in [5.41, 5.74) is 2.42. The van der Waals surface area contributed by atoms with E-state index >= 15 is 0 Å². The Bertz CT molecular complexity index is 413. The molecule has 0 aliphatic rings. The summed E-state index contributed by atoms with van der Waals surface area (Å²) in [6.45, 7) is 1.45. The van der Waals surface area contributed by atoms with Gasteiger partial charge in [0.25, 0.3) is 0 Å². The topological polar surface area (TPSA) is 47.0 Å². The van der Waals surface area contributed by atoms with Gasteiger partial charge in [-0.1, -0.05) is 28.8 Å². The number of anilines is 1. The van der Waals surface area contributed by atoms with E-state index in [-0.39, 0.29) is 0 Å². The highest BCUT2D eigenvalue weighted by molar-refractivity contribution is 7.09. The molecule has 1 aromatic heterocycles. The first-order chi connectivity index (χ1) is 7.88. The van der Waals surface area contributed by atoms with Crippen molar-refractivity contribution < 1.29 is 4.74 Å². The molecule has 0 unspecified atom stereocenters. The molecule has 0 aliphatic heterocycles. The number of hydrogen-bond donors (Lipinski definition) is 1. The minimum absolute atomic E-state index is 0.659. The van der Waals surface area contributed by atoms with E-state index < -0.39 is 0 Å². The maximum absolute atomic E-state index is 5.06. The minimum atomic E-state index is 0.659. The third-order valence-electron chi connectivity index (χ3n) is 2.16. The largest absolute Gasteiger partial charge is 0.380 e. The number of nitrogens with one attached hydrogen (secondary N) is 1. The second-order valence-corrected chi connectivity index (χ2v) is 4.17. The van der Waals surface area contributed by atoms with E-state index in [0.717, 1.165) is 11.5 Å². The van der Waals surface area contributed by atoms with Gasteiger partial charge in [0.1, 0.15) is 5.00 Å². The predicted molar refractivity (Wildman–Crippen MR) is 64.4 cm³/mol. The van der Waals surface area contributed by atoms with E-state index in [0.29, 0.717) is 6.61 Å². The number of benzene rings is 1. The molecule has 4 nitrogen and oxygen atoms in total. The van der Waals surface area contributed by atoms with Gasteiger partial charge in [0.15, 0.2) is 0 Å². The molecule has 16 heavy (non-hydrogen) atoms. The lowest BCUT2D eigenvalue weighted by Crippen LogP contribution is -1.97. The molecule has 0 atom stereocenters. The smallest absolute Gasteiger partial charge is 0.130 e. The molecule has 1 N–H and O–H groups in total. The maximum Gasteiger partial charge on any atom is 0.130 e. The summed E-state index contributed by atoms with van der Waals surface area (Å²) in [7, 11) is 1.70. The summed E-state index contributed by atoms with van der Waals surface area (Å²) in [6, 6.07) is 8.34. The summed E-state index contributed by atoms with van der Waals surface area (Å²) < 4.78 is 8.84. The zero-order valence-corrected chi connectivity index (χ0v) is 9.83. The van der Waals surface area contributed by atoms with Crippen molar-refractivity contribution >= 4 is 16.5 Å². The Kier molecular flexibility index (Phi) is 3.85. The number of hydrogen-bond acceptors (Lipinski definition) is 5. The van der Waals surface area contributed by atoms with Crippen LogP contribution in [0.15, 0.2) is 30.5 Å². The first-order valence-electron chi connectivity index (χ1n) is 4.96. The zero-order valence-electron chi connectivity index (χ0n) is 9.01. The van der Waals surface area contributed by atoms with E-state index in [1.54, 1.807) is 13.3 Å². The second kappa shape index (κ2) is 5.58. The third kappa shape index (κ3) is 3.01. The van der Waals surface area contributed by atoms with E-state index in [1.807, 2.05) is 0 Å². The summed E-state index contributed by atoms with van der Waals surface area (Å²) in [4.78, 5) is 0. The van der Waals surface area contributed by atoms with Gasteiger partial charge in [-0.25, -0.2) is 0 Å². The number of ether oxygens (including phenoxy) is 1. The van der Waals surface area contributed by atoms with E-state index in [9.17, 15) is 0 Å². The van der Waals surface area contributed by atoms with Gasteiger partial charge in [0, 0.05) is 25.2 Å². The first kappa shape index (κ1) is 11.0. The van der Waals surface area contributed by atoms with E-state index in [1.165, 1.54) is 22.7 Å². The molecule has 2 aromatic rings. The number of methoxy groups -OCH3 is 1. The van der Waals surface area contributed by atoms with Crippen molar-refractivity contribution in [2.75, 3.05) is 12.4 Å². The molecule has 1 aromatic carbocycles. The van der Waals surface area contributed by atoms with Crippen LogP contribution in [0.3, 0.4) is 0 Å². The van der Waals surface area contributed by atoms with Crippen LogP contribution in [0.25, 0.3) is 0 Å². The Morgan fingerprint density at radius 3 is 2.62 bits per heavy atom. The summed E-state index contributed by atoms with van der Waals surface area (Å²) in [5, 5.41) is 8.00. The molecule has 0 aliphatic carbocycles. The fourth-order valence-electron chi connectivity index (χ4n) is 1.35. The van der Waals surface area contributed by atoms with Crippen molar-refractivity contribution in [1.82, 2.24) is 9.59 Å². The molecule has 84 valence electrons. The second-order valence-electron chi connectivity index (χ2n) is 3.38. The molecule has 0 spiro atoms. The summed E-state index contributed by atoms with van der Waals surface area (Å²) >= 11 is 1.36. The lowest BCUT2D eigenvalue weighted by atomic mass is 10.1. The summed E-state index contributed by atoms with van der Waals surface area (Å²) in [5.74, 6) is 0. The molecular formula is C11H13N3OS. The Morgan fingerprint density at radius 2 is 2.00 bits per heavy atom. The van der Waals surface area contributed by atoms with Crippen LogP contribution in [0.4, 0.5) is 5.00 Å². The Balaban J connectivity index is 1.90. The van der Waals surface area contributed by atoms with Crippen molar-refractivity contribution in [3.05, 3.63) is 41.6 Å². The average Bonchev–Trinajstić information content (AvgIpc) is 2.82. The molecular weight excluding hydrogens is 222 g/mol. The van der Waals surface area contributed by atoms with Crippen molar-refractivity contribution in [3.8, 4) is 0 Å². The molecule has 0 amide bonds. The molecule has 0 saturated carbocycles. The van der Waals surface area contributed by atoms with Crippen molar-refractivity contribution in [1.29, 1.82) is 0 Å². The highest BCUT2D eigenvalue weighted by Gasteiger charge is 1.97. The maximum atomic E-state index is 5.06.